The molecule has 0 unspecified atom stereocenters. The van der Waals surface area contributed by atoms with Crippen LogP contribution in [0.25, 0.3) is 0 Å². The standard InChI is InChI=1S/C22H18ClN3O5/c1-2-31-20-12-17(26(29)30)10-14(21(20)27)13-24-15-6-5-7-16(11-15)25-22(28)18-8-3-4-9-19(18)23/h3-13,27H,2H2,1H3,(H,25,28)/p-1. The van der Waals surface area contributed by atoms with E-state index in [0.717, 1.165) is 12.1 Å². The van der Waals surface area contributed by atoms with E-state index in [1.54, 1.807) is 55.5 Å². The monoisotopic (exact) mass is 438 g/mol. The molecule has 0 heterocycles. The van der Waals surface area contributed by atoms with Gasteiger partial charge in [0.15, 0.2) is 0 Å². The number of rotatable bonds is 7. The lowest BCUT2D eigenvalue weighted by Crippen LogP contribution is -2.12. The van der Waals surface area contributed by atoms with Crippen LogP contribution in [0.15, 0.2) is 65.7 Å². The number of ether oxygens (including phenoxy) is 1. The van der Waals surface area contributed by atoms with Crippen molar-refractivity contribution < 1.29 is 19.6 Å². The molecule has 3 rings (SSSR count). The summed E-state index contributed by atoms with van der Waals surface area (Å²) in [4.78, 5) is 27.2. The summed E-state index contributed by atoms with van der Waals surface area (Å²) in [6.45, 7) is 1.87. The molecule has 0 bridgehead atoms. The van der Waals surface area contributed by atoms with Gasteiger partial charge < -0.3 is 15.2 Å². The minimum atomic E-state index is -0.607. The van der Waals surface area contributed by atoms with Crippen molar-refractivity contribution in [2.45, 2.75) is 6.92 Å². The molecule has 0 atom stereocenters. The normalized spacial score (nSPS) is 10.8. The lowest BCUT2D eigenvalue weighted by Gasteiger charge is -2.16. The number of amides is 1. The molecule has 31 heavy (non-hydrogen) atoms. The molecule has 0 spiro atoms. The second kappa shape index (κ2) is 9.73. The van der Waals surface area contributed by atoms with Crippen molar-refractivity contribution in [2.24, 2.45) is 4.99 Å². The predicted octanol–water partition coefficient (Wildman–Crippen LogP) is 4.72. The van der Waals surface area contributed by atoms with Crippen LogP contribution in [0, 0.1) is 10.1 Å². The van der Waals surface area contributed by atoms with Crippen molar-refractivity contribution in [2.75, 3.05) is 11.9 Å². The van der Waals surface area contributed by atoms with Crippen molar-refractivity contribution in [3.05, 3.63) is 86.9 Å². The van der Waals surface area contributed by atoms with E-state index in [1.165, 1.54) is 6.21 Å². The third-order valence-corrected chi connectivity index (χ3v) is 4.48. The molecular formula is C22H17ClN3O5-. The molecule has 3 aromatic rings. The fourth-order valence-corrected chi connectivity index (χ4v) is 2.95. The van der Waals surface area contributed by atoms with Gasteiger partial charge in [0.1, 0.15) is 5.75 Å². The van der Waals surface area contributed by atoms with Crippen LogP contribution in [-0.2, 0) is 0 Å². The maximum absolute atomic E-state index is 12.4. The molecule has 0 aliphatic heterocycles. The third kappa shape index (κ3) is 5.37. The zero-order chi connectivity index (χ0) is 22.4. The summed E-state index contributed by atoms with van der Waals surface area (Å²) >= 11 is 6.05. The summed E-state index contributed by atoms with van der Waals surface area (Å²) in [5, 5.41) is 26.6. The fraction of sp³-hybridized carbons (Fsp3) is 0.0909. The van der Waals surface area contributed by atoms with Crippen molar-refractivity contribution in [3.63, 3.8) is 0 Å². The Hall–Kier alpha value is -3.91. The summed E-state index contributed by atoms with van der Waals surface area (Å²) in [6.07, 6.45) is 1.23. The number of non-ortho nitro benzene ring substituents is 1. The Morgan fingerprint density at radius 3 is 2.68 bits per heavy atom. The van der Waals surface area contributed by atoms with Crippen LogP contribution >= 0.6 is 11.6 Å². The van der Waals surface area contributed by atoms with Gasteiger partial charge in [0.05, 0.1) is 33.9 Å². The number of anilines is 1. The van der Waals surface area contributed by atoms with Gasteiger partial charge in [0.25, 0.3) is 11.6 Å². The first-order valence-electron chi connectivity index (χ1n) is 9.21. The topological polar surface area (TPSA) is 117 Å². The SMILES string of the molecule is CCOc1cc([N+](=O)[O-])cc(C=Nc2cccc(NC(=O)c3ccccc3Cl)c2)c1[O-]. The molecule has 3 aromatic carbocycles. The maximum atomic E-state index is 12.4. The molecular weight excluding hydrogens is 422 g/mol. The van der Waals surface area contributed by atoms with E-state index < -0.39 is 10.7 Å². The van der Waals surface area contributed by atoms with Crippen LogP contribution in [0.3, 0.4) is 0 Å². The van der Waals surface area contributed by atoms with Gasteiger partial charge in [-0.2, -0.15) is 0 Å². The predicted molar refractivity (Wildman–Crippen MR) is 117 cm³/mol. The zero-order valence-corrected chi connectivity index (χ0v) is 17.1. The lowest BCUT2D eigenvalue weighted by atomic mass is 10.1. The molecule has 0 aliphatic rings. The largest absolute Gasteiger partial charge is 0.870 e. The highest BCUT2D eigenvalue weighted by Crippen LogP contribution is 2.32. The summed E-state index contributed by atoms with van der Waals surface area (Å²) < 4.78 is 5.20. The Morgan fingerprint density at radius 1 is 1.19 bits per heavy atom. The van der Waals surface area contributed by atoms with Gasteiger partial charge >= 0.3 is 0 Å². The van der Waals surface area contributed by atoms with Gasteiger partial charge in [-0.05, 0) is 42.8 Å². The van der Waals surface area contributed by atoms with Crippen LogP contribution in [0.4, 0.5) is 17.1 Å². The number of halogens is 1. The highest BCUT2D eigenvalue weighted by atomic mass is 35.5. The van der Waals surface area contributed by atoms with E-state index in [4.69, 9.17) is 16.3 Å². The molecule has 0 radical (unpaired) electrons. The van der Waals surface area contributed by atoms with Gasteiger partial charge in [-0.3, -0.25) is 19.9 Å². The highest BCUT2D eigenvalue weighted by molar-refractivity contribution is 6.34. The van der Waals surface area contributed by atoms with Crippen molar-refractivity contribution >= 4 is 40.8 Å². The van der Waals surface area contributed by atoms with E-state index in [0.29, 0.717) is 22.0 Å². The third-order valence-electron chi connectivity index (χ3n) is 4.15. The van der Waals surface area contributed by atoms with Crippen molar-refractivity contribution in [3.8, 4) is 11.5 Å². The Kier molecular flexibility index (Phi) is 6.84. The number of benzene rings is 3. The van der Waals surface area contributed by atoms with Crippen LogP contribution in [0.2, 0.25) is 5.02 Å². The molecule has 0 aliphatic carbocycles. The number of nitrogens with one attached hydrogen (secondary N) is 1. The van der Waals surface area contributed by atoms with Crippen LogP contribution in [0.5, 0.6) is 11.5 Å². The second-order valence-corrected chi connectivity index (χ2v) is 6.70. The number of hydrogen-bond donors (Lipinski definition) is 1. The number of carbonyl (C=O) groups excluding carboxylic acids is 1. The Labute approximate surface area is 182 Å². The molecule has 1 N–H and O–H groups in total. The summed E-state index contributed by atoms with van der Waals surface area (Å²) in [5.41, 5.74) is 0.972. The number of aliphatic imine (C=N–C) groups is 1. The Bertz CT molecular complexity index is 1160. The second-order valence-electron chi connectivity index (χ2n) is 6.29. The van der Waals surface area contributed by atoms with Crippen molar-refractivity contribution in [1.82, 2.24) is 0 Å². The molecule has 8 nitrogen and oxygen atoms in total. The Morgan fingerprint density at radius 2 is 1.97 bits per heavy atom. The molecule has 1 amide bonds. The number of nitro groups is 1. The quantitative estimate of drug-likeness (QED) is 0.325. The average Bonchev–Trinajstić information content (AvgIpc) is 2.74. The molecule has 0 saturated heterocycles. The average molecular weight is 439 g/mol. The molecule has 158 valence electrons. The number of nitro benzene ring substituents is 1. The van der Waals surface area contributed by atoms with E-state index in [-0.39, 0.29) is 29.5 Å². The summed E-state index contributed by atoms with van der Waals surface area (Å²) in [5.74, 6) is -0.994. The zero-order valence-electron chi connectivity index (χ0n) is 16.4. The van der Waals surface area contributed by atoms with Crippen LogP contribution < -0.4 is 15.2 Å². The first kappa shape index (κ1) is 21.8. The first-order chi connectivity index (χ1) is 14.9. The van der Waals surface area contributed by atoms with E-state index in [2.05, 4.69) is 10.3 Å². The number of carbonyl (C=O) groups is 1. The van der Waals surface area contributed by atoms with Gasteiger partial charge in [0, 0.05) is 18.0 Å². The molecule has 0 saturated carbocycles. The number of nitrogens with zero attached hydrogens (tertiary/aromatic N) is 2. The molecule has 0 aromatic heterocycles. The first-order valence-corrected chi connectivity index (χ1v) is 9.59. The highest BCUT2D eigenvalue weighted by Gasteiger charge is 2.12. The van der Waals surface area contributed by atoms with Gasteiger partial charge in [0.2, 0.25) is 0 Å². The molecule has 0 fully saturated rings. The van der Waals surface area contributed by atoms with E-state index in [9.17, 15) is 20.0 Å². The van der Waals surface area contributed by atoms with E-state index >= 15 is 0 Å². The fourth-order valence-electron chi connectivity index (χ4n) is 2.72. The minimum Gasteiger partial charge on any atom is -0.870 e. The van der Waals surface area contributed by atoms with Gasteiger partial charge in [-0.25, -0.2) is 0 Å². The summed E-state index contributed by atoms with van der Waals surface area (Å²) in [7, 11) is 0. The lowest BCUT2D eigenvalue weighted by molar-refractivity contribution is -0.385. The van der Waals surface area contributed by atoms with Gasteiger partial charge in [-0.15, -0.1) is 0 Å². The number of hydrogen-bond acceptors (Lipinski definition) is 6. The van der Waals surface area contributed by atoms with Gasteiger partial charge in [-0.1, -0.05) is 35.5 Å². The Balaban J connectivity index is 1.85. The minimum absolute atomic E-state index is 0.0168. The summed E-state index contributed by atoms with van der Waals surface area (Å²) in [6, 6.07) is 15.5. The maximum Gasteiger partial charge on any atom is 0.273 e. The molecule has 9 heteroatoms. The smallest absolute Gasteiger partial charge is 0.273 e. The van der Waals surface area contributed by atoms with Crippen molar-refractivity contribution in [1.29, 1.82) is 0 Å². The van der Waals surface area contributed by atoms with E-state index in [1.807, 2.05) is 0 Å². The van der Waals surface area contributed by atoms with Crippen LogP contribution in [0.1, 0.15) is 22.8 Å². The van der Waals surface area contributed by atoms with Crippen LogP contribution in [-0.4, -0.2) is 23.7 Å².